The summed E-state index contributed by atoms with van der Waals surface area (Å²) < 4.78 is 26.6. The lowest BCUT2D eigenvalue weighted by molar-refractivity contribution is -0.122. The Morgan fingerprint density at radius 1 is 0.963 bits per heavy atom. The smallest absolute Gasteiger partial charge is 0.269 e. The van der Waals surface area contributed by atoms with Gasteiger partial charge in [-0.2, -0.15) is 0 Å². The molecular weight excluding hydrogens is 366 g/mol. The van der Waals surface area contributed by atoms with E-state index in [-0.39, 0.29) is 22.3 Å². The van der Waals surface area contributed by atoms with Crippen LogP contribution in [-0.4, -0.2) is 27.3 Å². The summed E-state index contributed by atoms with van der Waals surface area (Å²) in [5.41, 5.74) is 5.42. The fourth-order valence-corrected chi connectivity index (χ4v) is 3.53. The van der Waals surface area contributed by atoms with Crippen LogP contribution in [0.1, 0.15) is 30.6 Å². The Morgan fingerprint density at radius 2 is 1.56 bits per heavy atom. The second kappa shape index (κ2) is 8.68. The van der Waals surface area contributed by atoms with Crippen LogP contribution in [0.3, 0.4) is 0 Å². The van der Waals surface area contributed by atoms with Gasteiger partial charge in [0.05, 0.1) is 10.6 Å². The van der Waals surface area contributed by atoms with E-state index in [0.717, 1.165) is 0 Å². The summed E-state index contributed by atoms with van der Waals surface area (Å²) in [6.07, 6.45) is 0.295. The standard InChI is InChI=1S/C19H23N3O4S/c1-14(2)13-18(23)20-21-19(24)15-9-11-17(12-10-15)27(25,26)22(3)16-7-5-4-6-8-16/h4-12,14H,13H2,1-3H3,(H,20,23)(H,21,24). The number of rotatable bonds is 6. The van der Waals surface area contributed by atoms with Crippen LogP contribution in [0.25, 0.3) is 0 Å². The summed E-state index contributed by atoms with van der Waals surface area (Å²) in [4.78, 5) is 23.7. The number of nitrogens with zero attached hydrogens (tertiary/aromatic N) is 1. The lowest BCUT2D eigenvalue weighted by atomic mass is 10.1. The number of anilines is 1. The molecule has 7 nitrogen and oxygen atoms in total. The average Bonchev–Trinajstić information content (AvgIpc) is 2.65. The maximum Gasteiger partial charge on any atom is 0.269 e. The number of hydrazine groups is 1. The Labute approximate surface area is 159 Å². The molecule has 0 atom stereocenters. The normalized spacial score (nSPS) is 11.1. The fourth-order valence-electron chi connectivity index (χ4n) is 2.33. The minimum atomic E-state index is -3.74. The van der Waals surface area contributed by atoms with E-state index in [4.69, 9.17) is 0 Å². The minimum absolute atomic E-state index is 0.0641. The van der Waals surface area contributed by atoms with Crippen molar-refractivity contribution in [1.29, 1.82) is 0 Å². The van der Waals surface area contributed by atoms with Gasteiger partial charge in [-0.1, -0.05) is 32.0 Å². The molecule has 0 fully saturated rings. The second-order valence-corrected chi connectivity index (χ2v) is 8.40. The van der Waals surface area contributed by atoms with Gasteiger partial charge >= 0.3 is 0 Å². The van der Waals surface area contributed by atoms with E-state index in [1.165, 1.54) is 35.6 Å². The van der Waals surface area contributed by atoms with Crippen molar-refractivity contribution in [1.82, 2.24) is 10.9 Å². The number of carbonyl (C=O) groups is 2. The van der Waals surface area contributed by atoms with Gasteiger partial charge in [-0.05, 0) is 42.3 Å². The number of benzene rings is 2. The molecule has 0 unspecified atom stereocenters. The molecule has 2 rings (SSSR count). The third kappa shape index (κ3) is 5.30. The zero-order valence-electron chi connectivity index (χ0n) is 15.5. The largest absolute Gasteiger partial charge is 0.273 e. The summed E-state index contributed by atoms with van der Waals surface area (Å²) in [5, 5.41) is 0. The Balaban J connectivity index is 2.08. The maximum atomic E-state index is 12.7. The van der Waals surface area contributed by atoms with Crippen molar-refractivity contribution in [3.8, 4) is 0 Å². The summed E-state index contributed by atoms with van der Waals surface area (Å²) in [6, 6.07) is 14.2. The number of carbonyl (C=O) groups excluding carboxylic acids is 2. The first-order valence-electron chi connectivity index (χ1n) is 8.45. The highest BCUT2D eigenvalue weighted by Crippen LogP contribution is 2.21. The molecule has 0 heterocycles. The van der Waals surface area contributed by atoms with Crippen LogP contribution in [0.2, 0.25) is 0 Å². The van der Waals surface area contributed by atoms with Crippen LogP contribution in [0, 0.1) is 5.92 Å². The van der Waals surface area contributed by atoms with Crippen LogP contribution in [-0.2, 0) is 14.8 Å². The van der Waals surface area contributed by atoms with Crippen molar-refractivity contribution >= 4 is 27.5 Å². The Bertz CT molecular complexity index is 894. The lowest BCUT2D eigenvalue weighted by Gasteiger charge is -2.19. The van der Waals surface area contributed by atoms with E-state index < -0.39 is 15.9 Å². The molecule has 0 radical (unpaired) electrons. The number of amides is 2. The number of sulfonamides is 1. The van der Waals surface area contributed by atoms with Crippen LogP contribution < -0.4 is 15.2 Å². The molecule has 27 heavy (non-hydrogen) atoms. The van der Waals surface area contributed by atoms with Gasteiger partial charge in [0.2, 0.25) is 5.91 Å². The quantitative estimate of drug-likeness (QED) is 0.741. The van der Waals surface area contributed by atoms with Crippen molar-refractivity contribution in [2.45, 2.75) is 25.2 Å². The van der Waals surface area contributed by atoms with Crippen LogP contribution in [0.4, 0.5) is 5.69 Å². The van der Waals surface area contributed by atoms with Gasteiger partial charge in [0.15, 0.2) is 0 Å². The molecule has 0 bridgehead atoms. The molecule has 144 valence electrons. The van der Waals surface area contributed by atoms with Gasteiger partial charge in [0.1, 0.15) is 0 Å². The summed E-state index contributed by atoms with van der Waals surface area (Å²) in [5.74, 6) is -0.637. The number of hydrogen-bond donors (Lipinski definition) is 2. The van der Waals surface area contributed by atoms with Gasteiger partial charge in [-0.3, -0.25) is 24.7 Å². The van der Waals surface area contributed by atoms with E-state index in [0.29, 0.717) is 12.1 Å². The van der Waals surface area contributed by atoms with Gasteiger partial charge in [0, 0.05) is 19.0 Å². The molecule has 2 aromatic rings. The monoisotopic (exact) mass is 389 g/mol. The third-order valence-corrected chi connectivity index (χ3v) is 5.60. The molecule has 0 aromatic heterocycles. The summed E-state index contributed by atoms with van der Waals surface area (Å²) in [7, 11) is -2.27. The van der Waals surface area contributed by atoms with E-state index >= 15 is 0 Å². The molecule has 0 saturated heterocycles. The number of hydrogen-bond acceptors (Lipinski definition) is 4. The SMILES string of the molecule is CC(C)CC(=O)NNC(=O)c1ccc(S(=O)(=O)N(C)c2ccccc2)cc1. The molecule has 0 aliphatic carbocycles. The topological polar surface area (TPSA) is 95.6 Å². The van der Waals surface area contributed by atoms with E-state index in [1.54, 1.807) is 30.3 Å². The average molecular weight is 389 g/mol. The molecular formula is C19H23N3O4S. The molecule has 0 saturated carbocycles. The Kier molecular flexibility index (Phi) is 6.57. The highest BCUT2D eigenvalue weighted by molar-refractivity contribution is 7.92. The zero-order valence-corrected chi connectivity index (χ0v) is 16.3. The minimum Gasteiger partial charge on any atom is -0.273 e. The zero-order chi connectivity index (χ0) is 20.0. The van der Waals surface area contributed by atoms with Crippen molar-refractivity contribution in [3.63, 3.8) is 0 Å². The van der Waals surface area contributed by atoms with Crippen LogP contribution in [0.5, 0.6) is 0 Å². The first kappa shape index (κ1) is 20.4. The molecule has 2 aromatic carbocycles. The highest BCUT2D eigenvalue weighted by Gasteiger charge is 2.21. The molecule has 0 aliphatic rings. The molecule has 2 N–H and O–H groups in total. The van der Waals surface area contributed by atoms with Crippen LogP contribution >= 0.6 is 0 Å². The van der Waals surface area contributed by atoms with Gasteiger partial charge < -0.3 is 0 Å². The first-order chi connectivity index (χ1) is 12.7. The summed E-state index contributed by atoms with van der Waals surface area (Å²) in [6.45, 7) is 3.79. The molecule has 8 heteroatoms. The van der Waals surface area contributed by atoms with Gasteiger partial charge in [-0.25, -0.2) is 8.42 Å². The van der Waals surface area contributed by atoms with Crippen molar-refractivity contribution < 1.29 is 18.0 Å². The molecule has 2 amide bonds. The van der Waals surface area contributed by atoms with Crippen molar-refractivity contribution in [2.75, 3.05) is 11.4 Å². The summed E-state index contributed by atoms with van der Waals surface area (Å²) >= 11 is 0. The predicted octanol–water partition coefficient (Wildman–Crippen LogP) is 2.32. The molecule has 0 spiro atoms. The third-order valence-electron chi connectivity index (χ3n) is 3.80. The number of nitrogens with one attached hydrogen (secondary N) is 2. The van der Waals surface area contributed by atoms with Crippen molar-refractivity contribution in [3.05, 3.63) is 60.2 Å². The van der Waals surface area contributed by atoms with E-state index in [1.807, 2.05) is 13.8 Å². The van der Waals surface area contributed by atoms with Gasteiger partial charge in [-0.15, -0.1) is 0 Å². The number of para-hydroxylation sites is 1. The predicted molar refractivity (Wildman–Crippen MR) is 104 cm³/mol. The lowest BCUT2D eigenvalue weighted by Crippen LogP contribution is -2.42. The first-order valence-corrected chi connectivity index (χ1v) is 9.89. The molecule has 0 aliphatic heterocycles. The van der Waals surface area contributed by atoms with Crippen LogP contribution in [0.15, 0.2) is 59.5 Å². The van der Waals surface area contributed by atoms with Crippen molar-refractivity contribution in [2.24, 2.45) is 5.92 Å². The van der Waals surface area contributed by atoms with E-state index in [2.05, 4.69) is 10.9 Å². The Hall–Kier alpha value is -2.87. The highest BCUT2D eigenvalue weighted by atomic mass is 32.2. The maximum absolute atomic E-state index is 12.7. The van der Waals surface area contributed by atoms with E-state index in [9.17, 15) is 18.0 Å². The fraction of sp³-hybridized carbons (Fsp3) is 0.263. The Morgan fingerprint density at radius 3 is 2.11 bits per heavy atom. The van der Waals surface area contributed by atoms with Gasteiger partial charge in [0.25, 0.3) is 15.9 Å². The second-order valence-electron chi connectivity index (χ2n) is 6.43.